The van der Waals surface area contributed by atoms with Crippen LogP contribution in [0.1, 0.15) is 18.1 Å². The zero-order chi connectivity index (χ0) is 16.0. The minimum atomic E-state index is -4.54. The Balaban J connectivity index is 3.29. The largest absolute Gasteiger partial charge is 0.496 e. The molecule has 1 rings (SSSR count). The van der Waals surface area contributed by atoms with Gasteiger partial charge in [-0.05, 0) is 30.8 Å². The Morgan fingerprint density at radius 1 is 1.43 bits per heavy atom. The van der Waals surface area contributed by atoms with E-state index in [1.165, 1.54) is 13.2 Å². The number of hydrogen-bond acceptors (Lipinski definition) is 5. The summed E-state index contributed by atoms with van der Waals surface area (Å²) in [5, 5.41) is 8.85. The maximum atomic E-state index is 12.6. The Hall–Kier alpha value is -1.88. The second-order valence-corrected chi connectivity index (χ2v) is 4.90. The molecule has 0 aliphatic heterocycles. The van der Waals surface area contributed by atoms with E-state index in [0.717, 1.165) is 6.07 Å². The number of esters is 1. The van der Waals surface area contributed by atoms with Crippen molar-refractivity contribution < 1.29 is 27.4 Å². The van der Waals surface area contributed by atoms with Gasteiger partial charge in [0.25, 0.3) is 0 Å². The van der Waals surface area contributed by atoms with Gasteiger partial charge in [-0.15, -0.1) is 0 Å². The van der Waals surface area contributed by atoms with Gasteiger partial charge in [-0.2, -0.15) is 18.4 Å². The zero-order valence-electron chi connectivity index (χ0n) is 11.3. The van der Waals surface area contributed by atoms with E-state index in [-0.39, 0.29) is 34.8 Å². The van der Waals surface area contributed by atoms with Gasteiger partial charge in [0.1, 0.15) is 5.75 Å². The van der Waals surface area contributed by atoms with Crippen LogP contribution < -0.4 is 4.74 Å². The molecule has 0 aliphatic carbocycles. The van der Waals surface area contributed by atoms with Crippen molar-refractivity contribution in [3.63, 3.8) is 0 Å². The first-order valence-corrected chi connectivity index (χ1v) is 6.64. The Kier molecular flexibility index (Phi) is 5.90. The summed E-state index contributed by atoms with van der Waals surface area (Å²) in [6, 6.07) is 4.12. The van der Waals surface area contributed by atoms with Crippen molar-refractivity contribution in [2.75, 3.05) is 13.7 Å². The molecule has 0 fully saturated rings. The summed E-state index contributed by atoms with van der Waals surface area (Å²) in [6.07, 6.45) is -0.360. The van der Waals surface area contributed by atoms with E-state index >= 15 is 0 Å². The molecule has 1 aromatic rings. The van der Waals surface area contributed by atoms with Crippen LogP contribution in [0, 0.1) is 11.3 Å². The van der Waals surface area contributed by atoms with Gasteiger partial charge in [-0.3, -0.25) is 4.79 Å². The lowest BCUT2D eigenvalue weighted by molar-refractivity contribution is -0.142. The van der Waals surface area contributed by atoms with Gasteiger partial charge in [-0.25, -0.2) is 0 Å². The summed E-state index contributed by atoms with van der Waals surface area (Å²) in [6.45, 7) is 1.72. The number of ether oxygens (including phenoxy) is 2. The maximum Gasteiger partial charge on any atom is 0.446 e. The number of nitrogens with zero attached hydrogens (tertiary/aromatic N) is 1. The average molecular weight is 319 g/mol. The van der Waals surface area contributed by atoms with Crippen LogP contribution in [0.25, 0.3) is 0 Å². The molecule has 8 heteroatoms. The highest BCUT2D eigenvalue weighted by atomic mass is 32.2. The SMILES string of the molecule is CCOC(=O)Cc1c(OC)cc(C#N)cc1SC(F)(F)F. The predicted molar refractivity (Wildman–Crippen MR) is 70.0 cm³/mol. The molecule has 0 bridgehead atoms. The van der Waals surface area contributed by atoms with Crippen LogP contribution in [0.3, 0.4) is 0 Å². The van der Waals surface area contributed by atoms with E-state index in [1.54, 1.807) is 13.0 Å². The second-order valence-electron chi connectivity index (χ2n) is 3.80. The Morgan fingerprint density at radius 3 is 2.57 bits per heavy atom. The maximum absolute atomic E-state index is 12.6. The van der Waals surface area contributed by atoms with E-state index in [2.05, 4.69) is 0 Å². The van der Waals surface area contributed by atoms with Crippen LogP contribution in [0.2, 0.25) is 0 Å². The minimum absolute atomic E-state index is 0.0196. The van der Waals surface area contributed by atoms with Crippen molar-refractivity contribution >= 4 is 17.7 Å². The third-order valence-electron chi connectivity index (χ3n) is 2.37. The highest BCUT2D eigenvalue weighted by Crippen LogP contribution is 2.41. The number of nitriles is 1. The average Bonchev–Trinajstić information content (AvgIpc) is 2.39. The lowest BCUT2D eigenvalue weighted by Gasteiger charge is -2.15. The van der Waals surface area contributed by atoms with Gasteiger partial charge in [0, 0.05) is 10.5 Å². The standard InChI is InChI=1S/C13H12F3NO3S/c1-3-20-12(18)6-9-10(19-2)4-8(7-17)5-11(9)21-13(14,15)16/h4-5H,3,6H2,1-2H3. The minimum Gasteiger partial charge on any atom is -0.496 e. The van der Waals surface area contributed by atoms with E-state index in [0.29, 0.717) is 0 Å². The molecule has 0 heterocycles. The van der Waals surface area contributed by atoms with Gasteiger partial charge in [0.05, 0.1) is 31.8 Å². The number of carbonyl (C=O) groups excluding carboxylic acids is 1. The number of benzene rings is 1. The molecule has 0 N–H and O–H groups in total. The monoisotopic (exact) mass is 319 g/mol. The molecule has 0 aliphatic rings. The molecule has 0 saturated carbocycles. The Labute approximate surface area is 123 Å². The van der Waals surface area contributed by atoms with Crippen molar-refractivity contribution in [1.82, 2.24) is 0 Å². The quantitative estimate of drug-likeness (QED) is 0.616. The first-order chi connectivity index (χ1) is 9.80. The first-order valence-electron chi connectivity index (χ1n) is 5.83. The predicted octanol–water partition coefficient (Wildman–Crippen LogP) is 3.28. The molecule has 0 aromatic heterocycles. The highest BCUT2D eigenvalue weighted by Gasteiger charge is 2.32. The number of alkyl halides is 3. The van der Waals surface area contributed by atoms with Crippen molar-refractivity contribution in [1.29, 1.82) is 5.26 Å². The lowest BCUT2D eigenvalue weighted by Crippen LogP contribution is -2.11. The molecular formula is C13H12F3NO3S. The van der Waals surface area contributed by atoms with Gasteiger partial charge in [-0.1, -0.05) is 0 Å². The molecule has 0 radical (unpaired) electrons. The van der Waals surface area contributed by atoms with Crippen molar-refractivity contribution in [3.05, 3.63) is 23.3 Å². The van der Waals surface area contributed by atoms with E-state index in [9.17, 15) is 18.0 Å². The zero-order valence-corrected chi connectivity index (χ0v) is 12.1. The summed E-state index contributed by atoms with van der Waals surface area (Å²) in [7, 11) is 1.26. The molecule has 0 unspecified atom stereocenters. The van der Waals surface area contributed by atoms with Crippen LogP contribution in [0.4, 0.5) is 13.2 Å². The van der Waals surface area contributed by atoms with Crippen molar-refractivity contribution in [2.24, 2.45) is 0 Å². The van der Waals surface area contributed by atoms with E-state index in [1.807, 2.05) is 0 Å². The fourth-order valence-corrected chi connectivity index (χ4v) is 2.34. The Bertz CT molecular complexity index is 567. The molecule has 114 valence electrons. The smallest absolute Gasteiger partial charge is 0.446 e. The van der Waals surface area contributed by atoms with E-state index in [4.69, 9.17) is 14.7 Å². The third kappa shape index (κ3) is 5.19. The van der Waals surface area contributed by atoms with Crippen molar-refractivity contribution in [3.8, 4) is 11.8 Å². The topological polar surface area (TPSA) is 59.3 Å². The first kappa shape index (κ1) is 17.2. The number of methoxy groups -OCH3 is 1. The van der Waals surface area contributed by atoms with Crippen molar-refractivity contribution in [2.45, 2.75) is 23.7 Å². The summed E-state index contributed by atoms with van der Waals surface area (Å²) in [5.74, 6) is -0.613. The number of carbonyl (C=O) groups is 1. The van der Waals surface area contributed by atoms with Gasteiger partial charge in [0.15, 0.2) is 0 Å². The molecule has 0 spiro atoms. The normalized spacial score (nSPS) is 10.9. The fourth-order valence-electron chi connectivity index (χ4n) is 1.61. The number of rotatable bonds is 5. The van der Waals surface area contributed by atoms with Crippen LogP contribution in [0.5, 0.6) is 5.75 Å². The number of hydrogen-bond donors (Lipinski definition) is 0. The number of halogens is 3. The molecule has 1 aromatic carbocycles. The molecular weight excluding hydrogens is 307 g/mol. The summed E-state index contributed by atoms with van der Waals surface area (Å²) in [4.78, 5) is 11.3. The van der Waals surface area contributed by atoms with Crippen LogP contribution in [-0.2, 0) is 16.0 Å². The van der Waals surface area contributed by atoms with Crippen LogP contribution in [-0.4, -0.2) is 25.2 Å². The lowest BCUT2D eigenvalue weighted by atomic mass is 10.1. The number of thioether (sulfide) groups is 1. The molecule has 21 heavy (non-hydrogen) atoms. The fraction of sp³-hybridized carbons (Fsp3) is 0.385. The second kappa shape index (κ2) is 7.22. The van der Waals surface area contributed by atoms with Gasteiger partial charge >= 0.3 is 11.5 Å². The van der Waals surface area contributed by atoms with Crippen LogP contribution in [0.15, 0.2) is 17.0 Å². The summed E-state index contributed by atoms with van der Waals surface area (Å²) >= 11 is -0.392. The molecule has 0 saturated heterocycles. The molecule has 0 amide bonds. The van der Waals surface area contributed by atoms with E-state index < -0.39 is 23.2 Å². The summed E-state index contributed by atoms with van der Waals surface area (Å²) in [5.41, 5.74) is -4.47. The summed E-state index contributed by atoms with van der Waals surface area (Å²) < 4.78 is 47.5. The molecule has 4 nitrogen and oxygen atoms in total. The Morgan fingerprint density at radius 2 is 2.10 bits per heavy atom. The van der Waals surface area contributed by atoms with Gasteiger partial charge < -0.3 is 9.47 Å². The molecule has 0 atom stereocenters. The van der Waals surface area contributed by atoms with Crippen LogP contribution >= 0.6 is 11.8 Å². The van der Waals surface area contributed by atoms with Gasteiger partial charge in [0.2, 0.25) is 0 Å². The third-order valence-corrected chi connectivity index (χ3v) is 3.18. The highest BCUT2D eigenvalue weighted by molar-refractivity contribution is 8.00.